The number of ether oxygens (including phenoxy) is 2. The van der Waals surface area contributed by atoms with Crippen molar-refractivity contribution in [3.8, 4) is 0 Å². The quantitative estimate of drug-likeness (QED) is 0.261. The first-order valence-electron chi connectivity index (χ1n) is 10.1. The molecule has 0 amide bonds. The Balaban J connectivity index is 2.23. The Morgan fingerprint density at radius 1 is 1.21 bits per heavy atom. The minimum Gasteiger partial charge on any atom is -0.465 e. The molecule has 0 atom stereocenters. The molecule has 9 heteroatoms. The molecule has 0 unspecified atom stereocenters. The van der Waals surface area contributed by atoms with Gasteiger partial charge in [-0.05, 0) is 59.0 Å². The van der Waals surface area contributed by atoms with Gasteiger partial charge in [0.15, 0.2) is 0 Å². The number of rotatable bonds is 14. The minimum absolute atomic E-state index is 0.123. The highest BCUT2D eigenvalue weighted by Crippen LogP contribution is 2.22. The standard InChI is InChI=1S/C19H37N3O5S/c1-5-13-21(3)14-7-8-15-27-18-11-9-17(10-12-18)20-28(24,25)22(4)16-19(23)26-6-2/h5,17-18,20H,1,6-16H2,2-4H3/t17-,18-. The number of likely N-dealkylation sites (N-methyl/N-ethyl adjacent to an activating group) is 2. The number of hydrogen-bond acceptors (Lipinski definition) is 6. The van der Waals surface area contributed by atoms with Crippen molar-refractivity contribution in [3.63, 3.8) is 0 Å². The molecule has 0 aromatic rings. The molecule has 1 rings (SSSR count). The van der Waals surface area contributed by atoms with E-state index in [1.54, 1.807) is 6.92 Å². The van der Waals surface area contributed by atoms with Gasteiger partial charge in [0.2, 0.25) is 0 Å². The second kappa shape index (κ2) is 13.3. The van der Waals surface area contributed by atoms with Gasteiger partial charge in [-0.3, -0.25) is 4.79 Å². The lowest BCUT2D eigenvalue weighted by Crippen LogP contribution is -2.47. The fraction of sp³-hybridized carbons (Fsp3) is 0.842. The first-order chi connectivity index (χ1) is 13.3. The lowest BCUT2D eigenvalue weighted by Gasteiger charge is -2.30. The molecule has 0 radical (unpaired) electrons. The lowest BCUT2D eigenvalue weighted by molar-refractivity contribution is -0.143. The average molecular weight is 420 g/mol. The van der Waals surface area contributed by atoms with Gasteiger partial charge in [0.1, 0.15) is 6.54 Å². The van der Waals surface area contributed by atoms with E-state index in [4.69, 9.17) is 9.47 Å². The maximum absolute atomic E-state index is 12.3. The van der Waals surface area contributed by atoms with Gasteiger partial charge in [0, 0.05) is 26.2 Å². The average Bonchev–Trinajstić information content (AvgIpc) is 2.63. The number of unbranched alkanes of at least 4 members (excludes halogenated alkanes) is 1. The van der Waals surface area contributed by atoms with Crippen molar-refractivity contribution in [1.82, 2.24) is 13.9 Å². The number of nitrogens with zero attached hydrogens (tertiary/aromatic N) is 2. The Morgan fingerprint density at radius 3 is 2.50 bits per heavy atom. The third kappa shape index (κ3) is 9.97. The van der Waals surface area contributed by atoms with Crippen molar-refractivity contribution in [1.29, 1.82) is 0 Å². The van der Waals surface area contributed by atoms with E-state index in [1.165, 1.54) is 7.05 Å². The Morgan fingerprint density at radius 2 is 1.89 bits per heavy atom. The third-order valence-electron chi connectivity index (χ3n) is 4.79. The van der Waals surface area contributed by atoms with Gasteiger partial charge in [-0.25, -0.2) is 0 Å². The summed E-state index contributed by atoms with van der Waals surface area (Å²) in [5.74, 6) is -0.553. The summed E-state index contributed by atoms with van der Waals surface area (Å²) in [5.41, 5.74) is 0. The molecule has 1 fully saturated rings. The van der Waals surface area contributed by atoms with Gasteiger partial charge in [0.05, 0.1) is 12.7 Å². The van der Waals surface area contributed by atoms with Crippen molar-refractivity contribution in [2.45, 2.75) is 57.6 Å². The summed E-state index contributed by atoms with van der Waals surface area (Å²) in [6, 6.07) is -0.123. The zero-order valence-electron chi connectivity index (χ0n) is 17.6. The fourth-order valence-corrected chi connectivity index (χ4v) is 4.28. The monoisotopic (exact) mass is 419 g/mol. The van der Waals surface area contributed by atoms with E-state index in [9.17, 15) is 13.2 Å². The van der Waals surface area contributed by atoms with Crippen molar-refractivity contribution >= 4 is 16.2 Å². The summed E-state index contributed by atoms with van der Waals surface area (Å²) in [4.78, 5) is 13.7. The Hall–Kier alpha value is -1.00. The van der Waals surface area contributed by atoms with E-state index in [1.807, 2.05) is 6.08 Å². The van der Waals surface area contributed by atoms with Crippen LogP contribution in [0.3, 0.4) is 0 Å². The summed E-state index contributed by atoms with van der Waals surface area (Å²) in [7, 11) is -0.244. The lowest BCUT2D eigenvalue weighted by atomic mass is 9.94. The predicted molar refractivity (Wildman–Crippen MR) is 110 cm³/mol. The molecule has 0 aromatic carbocycles. The highest BCUT2D eigenvalue weighted by Gasteiger charge is 2.28. The second-order valence-corrected chi connectivity index (χ2v) is 9.10. The van der Waals surface area contributed by atoms with E-state index >= 15 is 0 Å². The first kappa shape index (κ1) is 25.0. The molecule has 0 heterocycles. The topological polar surface area (TPSA) is 88.2 Å². The van der Waals surface area contributed by atoms with Crippen LogP contribution in [0.15, 0.2) is 12.7 Å². The van der Waals surface area contributed by atoms with Crippen LogP contribution in [-0.2, 0) is 24.5 Å². The van der Waals surface area contributed by atoms with Crippen molar-refractivity contribution in [3.05, 3.63) is 12.7 Å². The summed E-state index contributed by atoms with van der Waals surface area (Å²) in [5, 5.41) is 0. The van der Waals surface area contributed by atoms with E-state index in [0.717, 1.165) is 62.5 Å². The van der Waals surface area contributed by atoms with Crippen molar-refractivity contribution < 1.29 is 22.7 Å². The van der Waals surface area contributed by atoms with E-state index in [2.05, 4.69) is 23.2 Å². The van der Waals surface area contributed by atoms with Crippen molar-refractivity contribution in [2.75, 3.05) is 46.9 Å². The molecular formula is C19H37N3O5S. The zero-order chi connectivity index (χ0) is 21.0. The smallest absolute Gasteiger partial charge is 0.321 e. The molecule has 28 heavy (non-hydrogen) atoms. The van der Waals surface area contributed by atoms with Crippen molar-refractivity contribution in [2.24, 2.45) is 0 Å². The van der Waals surface area contributed by atoms with Crippen LogP contribution in [0.5, 0.6) is 0 Å². The normalized spacial score (nSPS) is 20.5. The van der Waals surface area contributed by atoms with Gasteiger partial charge >= 0.3 is 5.97 Å². The SMILES string of the molecule is C=CCN(C)CCCCO[C@H]1CC[C@H](NS(=O)(=O)N(C)CC(=O)OCC)CC1. The molecular weight excluding hydrogens is 382 g/mol. The second-order valence-electron chi connectivity index (χ2n) is 7.29. The van der Waals surface area contributed by atoms with Crippen LogP contribution in [0.4, 0.5) is 0 Å². The Bertz CT molecular complexity index is 562. The van der Waals surface area contributed by atoms with Crippen LogP contribution in [-0.4, -0.2) is 82.7 Å². The van der Waals surface area contributed by atoms with Gasteiger partial charge in [-0.1, -0.05) is 6.08 Å². The molecule has 0 spiro atoms. The number of esters is 1. The van der Waals surface area contributed by atoms with Crippen LogP contribution < -0.4 is 4.72 Å². The molecule has 1 saturated carbocycles. The third-order valence-corrected chi connectivity index (χ3v) is 6.37. The highest BCUT2D eigenvalue weighted by molar-refractivity contribution is 7.87. The number of nitrogens with one attached hydrogen (secondary N) is 1. The molecule has 0 bridgehead atoms. The molecule has 0 aromatic heterocycles. The Labute approximate surface area is 170 Å². The maximum Gasteiger partial charge on any atom is 0.321 e. The van der Waals surface area contributed by atoms with Gasteiger partial charge in [-0.2, -0.15) is 17.4 Å². The minimum atomic E-state index is -3.70. The van der Waals surface area contributed by atoms with Crippen LogP contribution in [0, 0.1) is 0 Å². The number of hydrogen-bond donors (Lipinski definition) is 1. The molecule has 0 aliphatic heterocycles. The van der Waals surface area contributed by atoms with Gasteiger partial charge < -0.3 is 14.4 Å². The van der Waals surface area contributed by atoms with Crippen LogP contribution >= 0.6 is 0 Å². The largest absolute Gasteiger partial charge is 0.465 e. The molecule has 164 valence electrons. The molecule has 0 saturated heterocycles. The summed E-state index contributed by atoms with van der Waals surface area (Å²) in [6.45, 7) is 8.03. The maximum atomic E-state index is 12.3. The Kier molecular flexibility index (Phi) is 11.9. The van der Waals surface area contributed by atoms with E-state index < -0.39 is 16.2 Å². The summed E-state index contributed by atoms with van der Waals surface area (Å²) in [6.07, 6.45) is 7.36. The van der Waals surface area contributed by atoms with E-state index in [-0.39, 0.29) is 25.3 Å². The number of carbonyl (C=O) groups is 1. The zero-order valence-corrected chi connectivity index (χ0v) is 18.4. The highest BCUT2D eigenvalue weighted by atomic mass is 32.2. The first-order valence-corrected chi connectivity index (χ1v) is 11.5. The summed E-state index contributed by atoms with van der Waals surface area (Å²) < 4.78 is 39.1. The van der Waals surface area contributed by atoms with Crippen LogP contribution in [0.2, 0.25) is 0 Å². The number of carbonyl (C=O) groups excluding carboxylic acids is 1. The van der Waals surface area contributed by atoms with Crippen LogP contribution in [0.25, 0.3) is 0 Å². The van der Waals surface area contributed by atoms with Gasteiger partial charge in [0.25, 0.3) is 10.2 Å². The summed E-state index contributed by atoms with van der Waals surface area (Å²) >= 11 is 0. The van der Waals surface area contributed by atoms with Gasteiger partial charge in [-0.15, -0.1) is 6.58 Å². The predicted octanol–water partition coefficient (Wildman–Crippen LogP) is 1.54. The fourth-order valence-electron chi connectivity index (χ4n) is 3.17. The molecule has 1 aliphatic carbocycles. The molecule has 8 nitrogen and oxygen atoms in total. The molecule has 1 N–H and O–H groups in total. The van der Waals surface area contributed by atoms with Crippen LogP contribution in [0.1, 0.15) is 45.4 Å². The molecule has 1 aliphatic rings. The van der Waals surface area contributed by atoms with E-state index in [0.29, 0.717) is 0 Å².